The van der Waals surface area contributed by atoms with Crippen molar-refractivity contribution in [2.45, 2.75) is 26.1 Å². The topological polar surface area (TPSA) is 99.5 Å². The Kier molecular flexibility index (Phi) is 6.32. The van der Waals surface area contributed by atoms with Gasteiger partial charge in [-0.25, -0.2) is 9.59 Å². The molecule has 0 aromatic carbocycles. The molecule has 1 aromatic rings. The minimum atomic E-state index is -4.88. The number of carbonyl (C=O) groups is 3. The van der Waals surface area contributed by atoms with Gasteiger partial charge in [-0.1, -0.05) is 0 Å². The molecule has 1 amide bonds. The second kappa shape index (κ2) is 7.79. The van der Waals surface area contributed by atoms with Crippen LogP contribution in [0.5, 0.6) is 0 Å². The summed E-state index contributed by atoms with van der Waals surface area (Å²) >= 11 is 0. The van der Waals surface area contributed by atoms with Crippen molar-refractivity contribution in [3.05, 3.63) is 17.5 Å². The van der Waals surface area contributed by atoms with E-state index in [9.17, 15) is 27.6 Å². The molecule has 0 aliphatic heterocycles. The van der Waals surface area contributed by atoms with Crippen LogP contribution in [0.3, 0.4) is 0 Å². The van der Waals surface area contributed by atoms with Gasteiger partial charge in [0, 0.05) is 13.2 Å². The molecule has 0 saturated heterocycles. The van der Waals surface area contributed by atoms with Crippen molar-refractivity contribution >= 4 is 17.8 Å². The molecule has 0 spiro atoms. The summed E-state index contributed by atoms with van der Waals surface area (Å²) in [5.74, 6) is -3.58. The molecular formula is C13H16F3N3O5. The largest absolute Gasteiger partial charge is 0.464 e. The number of hydrogen-bond donors (Lipinski definition) is 1. The fraction of sp³-hybridized carbons (Fsp3) is 0.538. The van der Waals surface area contributed by atoms with Crippen LogP contribution in [0, 0.1) is 0 Å². The van der Waals surface area contributed by atoms with E-state index in [-0.39, 0.29) is 13.2 Å². The fourth-order valence-corrected chi connectivity index (χ4v) is 1.74. The average molecular weight is 351 g/mol. The van der Waals surface area contributed by atoms with E-state index in [0.717, 1.165) is 10.9 Å². The highest BCUT2D eigenvalue weighted by molar-refractivity contribution is 6.06. The first-order chi connectivity index (χ1) is 11.1. The number of nitrogens with zero attached hydrogens (tertiary/aromatic N) is 2. The minimum absolute atomic E-state index is 0.0920. The van der Waals surface area contributed by atoms with Crippen LogP contribution in [0.25, 0.3) is 0 Å². The molecule has 0 unspecified atom stereocenters. The Bertz CT molecular complexity index is 609. The number of alkyl halides is 3. The Morgan fingerprint density at radius 2 is 1.71 bits per heavy atom. The van der Waals surface area contributed by atoms with Crippen molar-refractivity contribution < 1.29 is 37.0 Å². The van der Waals surface area contributed by atoms with E-state index in [1.165, 1.54) is 20.9 Å². The van der Waals surface area contributed by atoms with Crippen LogP contribution in [0.1, 0.15) is 29.9 Å². The summed E-state index contributed by atoms with van der Waals surface area (Å²) in [6.45, 7) is 2.74. The van der Waals surface area contributed by atoms with Crippen molar-refractivity contribution in [1.29, 1.82) is 0 Å². The standard InChI is InChI=1S/C13H16F3N3O5/c1-4-23-11(21)8(12(22)24-5-2)17-10(20)7-6-19(3)18-9(7)13(14,15)16/h6,8H,4-5H2,1-3H3,(H,17,20). The zero-order valence-electron chi connectivity index (χ0n) is 13.1. The second-order valence-corrected chi connectivity index (χ2v) is 4.47. The van der Waals surface area contributed by atoms with Crippen molar-refractivity contribution in [2.75, 3.05) is 13.2 Å². The third kappa shape index (κ3) is 4.70. The molecular weight excluding hydrogens is 335 g/mol. The molecule has 0 radical (unpaired) electrons. The zero-order valence-corrected chi connectivity index (χ0v) is 13.1. The number of nitrogens with one attached hydrogen (secondary N) is 1. The molecule has 1 rings (SSSR count). The maximum atomic E-state index is 12.9. The average Bonchev–Trinajstić information content (AvgIpc) is 2.87. The molecule has 0 saturated carbocycles. The summed E-state index contributed by atoms with van der Waals surface area (Å²) in [4.78, 5) is 35.5. The molecule has 134 valence electrons. The van der Waals surface area contributed by atoms with Crippen molar-refractivity contribution in [2.24, 2.45) is 7.05 Å². The molecule has 8 nitrogen and oxygen atoms in total. The highest BCUT2D eigenvalue weighted by atomic mass is 19.4. The summed E-state index contributed by atoms with van der Waals surface area (Å²) in [5, 5.41) is 5.06. The number of aryl methyl sites for hydroxylation is 1. The SMILES string of the molecule is CCOC(=O)C(NC(=O)c1cn(C)nc1C(F)(F)F)C(=O)OCC. The molecule has 0 atom stereocenters. The number of esters is 2. The summed E-state index contributed by atoms with van der Waals surface area (Å²) in [6, 6.07) is -1.88. The van der Waals surface area contributed by atoms with Gasteiger partial charge in [0.15, 0.2) is 5.69 Å². The third-order valence-corrected chi connectivity index (χ3v) is 2.66. The van der Waals surface area contributed by atoms with Gasteiger partial charge in [0.2, 0.25) is 6.04 Å². The van der Waals surface area contributed by atoms with Gasteiger partial charge in [-0.2, -0.15) is 18.3 Å². The summed E-state index contributed by atoms with van der Waals surface area (Å²) in [6.07, 6.45) is -4.05. The lowest BCUT2D eigenvalue weighted by molar-refractivity contribution is -0.157. The molecule has 1 N–H and O–H groups in total. The Balaban J connectivity index is 3.09. The Morgan fingerprint density at radius 1 is 1.21 bits per heavy atom. The second-order valence-electron chi connectivity index (χ2n) is 4.47. The maximum Gasteiger partial charge on any atom is 0.435 e. The van der Waals surface area contributed by atoms with Crippen LogP contribution in [0.4, 0.5) is 13.2 Å². The van der Waals surface area contributed by atoms with Gasteiger partial charge < -0.3 is 14.8 Å². The first-order valence-corrected chi connectivity index (χ1v) is 6.86. The Morgan fingerprint density at radius 3 is 2.12 bits per heavy atom. The Labute approximate surface area is 134 Å². The number of hydrogen-bond acceptors (Lipinski definition) is 6. The maximum absolute atomic E-state index is 12.9. The van der Waals surface area contributed by atoms with E-state index in [1.54, 1.807) is 0 Å². The fourth-order valence-electron chi connectivity index (χ4n) is 1.74. The molecule has 0 aliphatic rings. The molecule has 1 heterocycles. The molecule has 11 heteroatoms. The number of amides is 1. The smallest absolute Gasteiger partial charge is 0.435 e. The highest BCUT2D eigenvalue weighted by Crippen LogP contribution is 2.30. The lowest BCUT2D eigenvalue weighted by Gasteiger charge is -2.16. The molecule has 0 bridgehead atoms. The van der Waals surface area contributed by atoms with Crippen LogP contribution in [-0.2, 0) is 32.3 Å². The molecule has 24 heavy (non-hydrogen) atoms. The van der Waals surface area contributed by atoms with Gasteiger partial charge in [-0.05, 0) is 13.8 Å². The predicted octanol–water partition coefficient (Wildman–Crippen LogP) is 0.663. The van der Waals surface area contributed by atoms with Crippen LogP contribution in [0.2, 0.25) is 0 Å². The zero-order chi connectivity index (χ0) is 18.5. The van der Waals surface area contributed by atoms with E-state index in [1.807, 2.05) is 5.32 Å². The summed E-state index contributed by atoms with van der Waals surface area (Å²) < 4.78 is 48.7. The van der Waals surface area contributed by atoms with Gasteiger partial charge in [-0.3, -0.25) is 9.48 Å². The lowest BCUT2D eigenvalue weighted by Crippen LogP contribution is -2.48. The first kappa shape index (κ1) is 19.5. The van der Waals surface area contributed by atoms with Crippen molar-refractivity contribution in [1.82, 2.24) is 15.1 Å². The van der Waals surface area contributed by atoms with E-state index in [0.29, 0.717) is 0 Å². The van der Waals surface area contributed by atoms with Crippen molar-refractivity contribution in [3.63, 3.8) is 0 Å². The minimum Gasteiger partial charge on any atom is -0.464 e. The molecule has 0 fully saturated rings. The van der Waals surface area contributed by atoms with Crippen LogP contribution in [0.15, 0.2) is 6.20 Å². The number of ether oxygens (including phenoxy) is 2. The van der Waals surface area contributed by atoms with E-state index >= 15 is 0 Å². The highest BCUT2D eigenvalue weighted by Gasteiger charge is 2.40. The molecule has 1 aromatic heterocycles. The predicted molar refractivity (Wildman–Crippen MR) is 72.7 cm³/mol. The van der Waals surface area contributed by atoms with Gasteiger partial charge in [0.25, 0.3) is 5.91 Å². The van der Waals surface area contributed by atoms with E-state index in [4.69, 9.17) is 0 Å². The monoisotopic (exact) mass is 351 g/mol. The summed E-state index contributed by atoms with van der Waals surface area (Å²) in [7, 11) is 1.19. The van der Waals surface area contributed by atoms with Gasteiger partial charge >= 0.3 is 18.1 Å². The van der Waals surface area contributed by atoms with Crippen LogP contribution < -0.4 is 5.32 Å². The van der Waals surface area contributed by atoms with Gasteiger partial charge in [0.1, 0.15) is 0 Å². The van der Waals surface area contributed by atoms with E-state index in [2.05, 4.69) is 14.6 Å². The molecule has 0 aliphatic carbocycles. The number of rotatable bonds is 6. The Hall–Kier alpha value is -2.59. The normalized spacial score (nSPS) is 11.3. The number of aromatic nitrogens is 2. The first-order valence-electron chi connectivity index (χ1n) is 6.86. The van der Waals surface area contributed by atoms with Crippen LogP contribution >= 0.6 is 0 Å². The third-order valence-electron chi connectivity index (χ3n) is 2.66. The van der Waals surface area contributed by atoms with Crippen LogP contribution in [-0.4, -0.2) is 46.9 Å². The number of carbonyl (C=O) groups excluding carboxylic acids is 3. The van der Waals surface area contributed by atoms with E-state index < -0.39 is 41.3 Å². The van der Waals surface area contributed by atoms with Gasteiger partial charge in [-0.15, -0.1) is 0 Å². The quantitative estimate of drug-likeness (QED) is 0.597. The van der Waals surface area contributed by atoms with Gasteiger partial charge in [0.05, 0.1) is 18.8 Å². The summed E-state index contributed by atoms with van der Waals surface area (Å²) in [5.41, 5.74) is -2.27. The lowest BCUT2D eigenvalue weighted by atomic mass is 10.2. The number of halogens is 3. The van der Waals surface area contributed by atoms with Crippen molar-refractivity contribution in [3.8, 4) is 0 Å².